The van der Waals surface area contributed by atoms with Crippen LogP contribution >= 0.6 is 0 Å². The van der Waals surface area contributed by atoms with E-state index >= 15 is 0 Å². The number of halogens is 2. The Balaban J connectivity index is 1.69. The molecule has 0 radical (unpaired) electrons. The Bertz CT molecular complexity index is 1100. The quantitative estimate of drug-likeness (QED) is 0.507. The van der Waals surface area contributed by atoms with Crippen molar-refractivity contribution in [2.75, 3.05) is 19.8 Å². The third kappa shape index (κ3) is 5.73. The second-order valence-corrected chi connectivity index (χ2v) is 6.63. The van der Waals surface area contributed by atoms with Gasteiger partial charge >= 0.3 is 18.0 Å². The Morgan fingerprint density at radius 2 is 1.97 bits per heavy atom. The predicted octanol–water partition coefficient (Wildman–Crippen LogP) is 1.70. The van der Waals surface area contributed by atoms with Gasteiger partial charge in [0, 0.05) is 6.07 Å². The van der Waals surface area contributed by atoms with Gasteiger partial charge in [-0.25, -0.2) is 18.4 Å². The summed E-state index contributed by atoms with van der Waals surface area (Å²) in [6.07, 6.45) is 1.36. The first-order valence-corrected chi connectivity index (χ1v) is 9.70. The number of hydrogen-bond acceptors (Lipinski definition) is 7. The Kier molecular flexibility index (Phi) is 7.38. The lowest BCUT2D eigenvalue weighted by atomic mass is 10.0. The minimum Gasteiger partial charge on any atom is -0.467 e. The SMILES string of the molecule is CCOC(=O)C1=C(COC(=O)CNC(=O)c2ccc(F)cc2F)NC(=O)NC1c1ccco1. The van der Waals surface area contributed by atoms with Crippen LogP contribution in [0.5, 0.6) is 0 Å². The van der Waals surface area contributed by atoms with E-state index in [1.807, 2.05) is 0 Å². The third-order valence-corrected chi connectivity index (χ3v) is 4.42. The standard InChI is InChI=1S/C21H19F2N3O7/c1-2-31-20(29)17-14(25-21(30)26-18(17)15-4-3-7-32-15)10-33-16(27)9-24-19(28)12-6-5-11(22)8-13(12)23/h3-8,18H,2,9-10H2,1H3,(H,24,28)(H2,25,26,30). The molecule has 0 spiro atoms. The Labute approximate surface area is 185 Å². The highest BCUT2D eigenvalue weighted by Crippen LogP contribution is 2.28. The molecule has 1 aliphatic rings. The van der Waals surface area contributed by atoms with Crippen molar-refractivity contribution in [3.63, 3.8) is 0 Å². The number of urea groups is 1. The average molecular weight is 463 g/mol. The van der Waals surface area contributed by atoms with Crippen molar-refractivity contribution in [2.45, 2.75) is 13.0 Å². The number of hydrogen-bond donors (Lipinski definition) is 3. The molecule has 1 aromatic heterocycles. The molecule has 3 N–H and O–H groups in total. The number of carbonyl (C=O) groups excluding carboxylic acids is 4. The van der Waals surface area contributed by atoms with Crippen molar-refractivity contribution in [3.8, 4) is 0 Å². The topological polar surface area (TPSA) is 136 Å². The second-order valence-electron chi connectivity index (χ2n) is 6.63. The lowest BCUT2D eigenvalue weighted by Gasteiger charge is -2.27. The van der Waals surface area contributed by atoms with Crippen molar-refractivity contribution in [3.05, 3.63) is 70.8 Å². The monoisotopic (exact) mass is 463 g/mol. The van der Waals surface area contributed by atoms with E-state index in [2.05, 4.69) is 16.0 Å². The number of carbonyl (C=O) groups is 4. The Morgan fingerprint density at radius 3 is 2.64 bits per heavy atom. The first kappa shape index (κ1) is 23.4. The summed E-state index contributed by atoms with van der Waals surface area (Å²) in [5.41, 5.74) is -0.525. The zero-order valence-electron chi connectivity index (χ0n) is 17.3. The fourth-order valence-electron chi connectivity index (χ4n) is 2.98. The molecule has 2 aromatic rings. The largest absolute Gasteiger partial charge is 0.467 e. The lowest BCUT2D eigenvalue weighted by Crippen LogP contribution is -2.47. The van der Waals surface area contributed by atoms with E-state index in [0.29, 0.717) is 6.07 Å². The van der Waals surface area contributed by atoms with Gasteiger partial charge in [-0.2, -0.15) is 0 Å². The van der Waals surface area contributed by atoms with Crippen molar-refractivity contribution in [1.82, 2.24) is 16.0 Å². The Hall–Kier alpha value is -4.22. The van der Waals surface area contributed by atoms with Crippen molar-refractivity contribution >= 4 is 23.9 Å². The average Bonchev–Trinajstić information content (AvgIpc) is 3.30. The molecule has 3 amide bonds. The number of furan rings is 1. The summed E-state index contributed by atoms with van der Waals surface area (Å²) >= 11 is 0. The summed E-state index contributed by atoms with van der Waals surface area (Å²) in [5.74, 6) is -4.35. The minimum atomic E-state index is -1.09. The maximum absolute atomic E-state index is 13.7. The van der Waals surface area contributed by atoms with Gasteiger partial charge in [-0.15, -0.1) is 0 Å². The van der Waals surface area contributed by atoms with Gasteiger partial charge in [-0.3, -0.25) is 9.59 Å². The van der Waals surface area contributed by atoms with Crippen LogP contribution in [-0.4, -0.2) is 43.6 Å². The van der Waals surface area contributed by atoms with E-state index in [9.17, 15) is 28.0 Å². The highest BCUT2D eigenvalue weighted by atomic mass is 19.1. The molecule has 1 aliphatic heterocycles. The Morgan fingerprint density at radius 1 is 1.18 bits per heavy atom. The number of rotatable bonds is 8. The van der Waals surface area contributed by atoms with Crippen molar-refractivity contribution in [2.24, 2.45) is 0 Å². The number of esters is 2. The van der Waals surface area contributed by atoms with Gasteiger partial charge in [0.1, 0.15) is 36.6 Å². The summed E-state index contributed by atoms with van der Waals surface area (Å²) in [6.45, 7) is 0.478. The number of amides is 3. The fourth-order valence-corrected chi connectivity index (χ4v) is 2.98. The molecule has 3 rings (SSSR count). The molecule has 1 unspecified atom stereocenters. The highest BCUT2D eigenvalue weighted by Gasteiger charge is 2.35. The van der Waals surface area contributed by atoms with Crippen molar-refractivity contribution in [1.29, 1.82) is 0 Å². The minimum absolute atomic E-state index is 0.0309. The van der Waals surface area contributed by atoms with Crippen LogP contribution < -0.4 is 16.0 Å². The number of benzene rings is 1. The summed E-state index contributed by atoms with van der Waals surface area (Å²) in [6, 6.07) is 3.82. The molecular formula is C21H19F2N3O7. The molecular weight excluding hydrogens is 444 g/mol. The summed E-state index contributed by atoms with van der Waals surface area (Å²) in [4.78, 5) is 48.7. The molecule has 1 atom stereocenters. The maximum Gasteiger partial charge on any atom is 0.338 e. The molecule has 12 heteroatoms. The van der Waals surface area contributed by atoms with Crippen LogP contribution in [0.3, 0.4) is 0 Å². The van der Waals surface area contributed by atoms with Crippen LogP contribution in [0.1, 0.15) is 29.1 Å². The summed E-state index contributed by atoms with van der Waals surface area (Å²) in [7, 11) is 0. The third-order valence-electron chi connectivity index (χ3n) is 4.42. The van der Waals surface area contributed by atoms with Gasteiger partial charge in [0.05, 0.1) is 29.7 Å². The van der Waals surface area contributed by atoms with E-state index in [4.69, 9.17) is 13.9 Å². The van der Waals surface area contributed by atoms with Gasteiger partial charge in [-0.1, -0.05) is 0 Å². The molecule has 33 heavy (non-hydrogen) atoms. The zero-order chi connectivity index (χ0) is 24.0. The van der Waals surface area contributed by atoms with Crippen LogP contribution in [0.15, 0.2) is 52.3 Å². The molecule has 1 aromatic carbocycles. The van der Waals surface area contributed by atoms with E-state index in [-0.39, 0.29) is 23.6 Å². The van der Waals surface area contributed by atoms with Crippen LogP contribution in [0.2, 0.25) is 0 Å². The maximum atomic E-state index is 13.7. The first-order valence-electron chi connectivity index (χ1n) is 9.70. The molecule has 0 bridgehead atoms. The van der Waals surface area contributed by atoms with E-state index < -0.39 is 60.3 Å². The second kappa shape index (κ2) is 10.4. The predicted molar refractivity (Wildman–Crippen MR) is 106 cm³/mol. The van der Waals surface area contributed by atoms with Gasteiger partial charge in [-0.05, 0) is 31.2 Å². The van der Waals surface area contributed by atoms with Gasteiger partial charge in [0.15, 0.2) is 0 Å². The summed E-state index contributed by atoms with van der Waals surface area (Å²) in [5, 5.41) is 7.07. The molecule has 174 valence electrons. The van der Waals surface area contributed by atoms with Gasteiger partial charge in [0.2, 0.25) is 0 Å². The van der Waals surface area contributed by atoms with Crippen LogP contribution in [-0.2, 0) is 19.1 Å². The van der Waals surface area contributed by atoms with E-state index in [1.165, 1.54) is 6.26 Å². The van der Waals surface area contributed by atoms with Crippen LogP contribution in [0.25, 0.3) is 0 Å². The van der Waals surface area contributed by atoms with Crippen LogP contribution in [0, 0.1) is 11.6 Å². The molecule has 0 aliphatic carbocycles. The van der Waals surface area contributed by atoms with Crippen molar-refractivity contribution < 1.29 is 41.8 Å². The molecule has 0 saturated heterocycles. The summed E-state index contributed by atoms with van der Waals surface area (Å²) < 4.78 is 42.0. The molecule has 10 nitrogen and oxygen atoms in total. The highest BCUT2D eigenvalue weighted by molar-refractivity contribution is 5.96. The van der Waals surface area contributed by atoms with Gasteiger partial charge in [0.25, 0.3) is 5.91 Å². The fraction of sp³-hybridized carbons (Fsp3) is 0.238. The number of ether oxygens (including phenoxy) is 2. The smallest absolute Gasteiger partial charge is 0.338 e. The zero-order valence-corrected chi connectivity index (χ0v) is 17.3. The molecule has 0 saturated carbocycles. The van der Waals surface area contributed by atoms with E-state index in [0.717, 1.165) is 12.1 Å². The molecule has 2 heterocycles. The van der Waals surface area contributed by atoms with E-state index in [1.54, 1.807) is 19.1 Å². The van der Waals surface area contributed by atoms with Gasteiger partial charge < -0.3 is 29.8 Å². The lowest BCUT2D eigenvalue weighted by molar-refractivity contribution is -0.142. The van der Waals surface area contributed by atoms with Crippen LogP contribution in [0.4, 0.5) is 13.6 Å². The molecule has 0 fully saturated rings. The first-order chi connectivity index (χ1) is 15.8. The normalized spacial score (nSPS) is 15.4. The number of nitrogens with one attached hydrogen (secondary N) is 3.